The minimum absolute atomic E-state index is 0.0746. The summed E-state index contributed by atoms with van der Waals surface area (Å²) in [6.45, 7) is 3.88. The van der Waals surface area contributed by atoms with Crippen LogP contribution in [-0.4, -0.2) is 33.2 Å². The number of benzene rings is 2. The molecule has 0 radical (unpaired) electrons. The number of furan rings is 1. The molecule has 10 heteroatoms. The Balaban J connectivity index is 1.42. The summed E-state index contributed by atoms with van der Waals surface area (Å²) >= 11 is 0. The van der Waals surface area contributed by atoms with E-state index in [1.165, 1.54) is 18.2 Å². The van der Waals surface area contributed by atoms with E-state index >= 15 is 0 Å². The lowest BCUT2D eigenvalue weighted by atomic mass is 9.98. The molecule has 0 aliphatic carbocycles. The van der Waals surface area contributed by atoms with Crippen LogP contribution in [0.4, 0.5) is 10.2 Å². The van der Waals surface area contributed by atoms with Crippen molar-refractivity contribution in [3.63, 3.8) is 0 Å². The van der Waals surface area contributed by atoms with Crippen LogP contribution >= 0.6 is 0 Å². The first-order chi connectivity index (χ1) is 17.7. The van der Waals surface area contributed by atoms with Crippen LogP contribution in [0.3, 0.4) is 0 Å². The number of hydrogen-bond acceptors (Lipinski definition) is 5. The van der Waals surface area contributed by atoms with Crippen LogP contribution in [0.1, 0.15) is 39.5 Å². The molecule has 2 aromatic heterocycles. The number of anilines is 1. The fourth-order valence-corrected chi connectivity index (χ4v) is 4.13. The molecular weight excluding hydrogens is 479 g/mol. The molecule has 0 bridgehead atoms. The topological polar surface area (TPSA) is 140 Å². The fourth-order valence-electron chi connectivity index (χ4n) is 4.13. The van der Waals surface area contributed by atoms with Gasteiger partial charge in [0.15, 0.2) is 0 Å². The van der Waals surface area contributed by atoms with Gasteiger partial charge in [-0.3, -0.25) is 19.8 Å². The third-order valence-corrected chi connectivity index (χ3v) is 6.00. The van der Waals surface area contributed by atoms with E-state index in [1.54, 1.807) is 25.3 Å². The lowest BCUT2D eigenvalue weighted by Gasteiger charge is -2.17. The first-order valence-electron chi connectivity index (χ1n) is 11.7. The van der Waals surface area contributed by atoms with Gasteiger partial charge in [-0.15, -0.1) is 0 Å². The van der Waals surface area contributed by atoms with Crippen molar-refractivity contribution in [2.24, 2.45) is 0 Å². The highest BCUT2D eigenvalue weighted by molar-refractivity contribution is 5.99. The van der Waals surface area contributed by atoms with Crippen molar-refractivity contribution in [1.82, 2.24) is 15.5 Å². The van der Waals surface area contributed by atoms with E-state index in [0.29, 0.717) is 46.8 Å². The monoisotopic (exact) mass is 506 g/mol. The Morgan fingerprint density at radius 2 is 1.84 bits per heavy atom. The van der Waals surface area contributed by atoms with E-state index in [1.807, 2.05) is 25.1 Å². The van der Waals surface area contributed by atoms with Gasteiger partial charge in [-0.2, -0.15) is 0 Å². The maximum Gasteiger partial charge on any atom is 0.326 e. The van der Waals surface area contributed by atoms with Crippen LogP contribution < -0.4 is 16.2 Å². The lowest BCUT2D eigenvalue weighted by molar-refractivity contribution is -0.139. The highest BCUT2D eigenvalue weighted by Crippen LogP contribution is 2.24. The van der Waals surface area contributed by atoms with Gasteiger partial charge in [0.25, 0.3) is 11.5 Å². The van der Waals surface area contributed by atoms with E-state index < -0.39 is 23.7 Å². The van der Waals surface area contributed by atoms with Crippen LogP contribution in [0.15, 0.2) is 64.0 Å². The Morgan fingerprint density at radius 1 is 1.08 bits per heavy atom. The van der Waals surface area contributed by atoms with Gasteiger partial charge in [0.1, 0.15) is 23.4 Å². The Bertz CT molecular complexity index is 1470. The molecule has 9 nitrogen and oxygen atoms in total. The predicted octanol–water partition coefficient (Wildman–Crippen LogP) is 4.01. The molecule has 0 unspecified atom stereocenters. The highest BCUT2D eigenvalue weighted by Gasteiger charge is 2.24. The maximum absolute atomic E-state index is 13.8. The average molecular weight is 507 g/mol. The minimum atomic E-state index is -1.16. The van der Waals surface area contributed by atoms with Crippen LogP contribution in [0.5, 0.6) is 0 Å². The molecule has 4 rings (SSSR count). The number of carbonyl (C=O) groups excluding carboxylic acids is 1. The van der Waals surface area contributed by atoms with Gasteiger partial charge < -0.3 is 20.2 Å². The van der Waals surface area contributed by atoms with E-state index in [-0.39, 0.29) is 12.0 Å². The van der Waals surface area contributed by atoms with Gasteiger partial charge in [0.05, 0.1) is 6.26 Å². The second kappa shape index (κ2) is 11.0. The number of carboxylic acid groups (broad SMARTS) is 1. The number of aryl methyl sites for hydroxylation is 2. The van der Waals surface area contributed by atoms with Crippen molar-refractivity contribution < 1.29 is 23.5 Å². The molecule has 2 heterocycles. The summed E-state index contributed by atoms with van der Waals surface area (Å²) in [5.74, 6) is -0.940. The summed E-state index contributed by atoms with van der Waals surface area (Å²) in [6.07, 6.45) is 2.13. The molecule has 5 N–H and O–H groups in total. The van der Waals surface area contributed by atoms with Gasteiger partial charge in [-0.1, -0.05) is 31.2 Å². The van der Waals surface area contributed by atoms with E-state index in [0.717, 1.165) is 11.1 Å². The summed E-state index contributed by atoms with van der Waals surface area (Å²) < 4.78 is 19.4. The number of hydrogen-bond donors (Lipinski definition) is 5. The maximum atomic E-state index is 13.8. The zero-order valence-corrected chi connectivity index (χ0v) is 20.4. The van der Waals surface area contributed by atoms with Gasteiger partial charge in [0.2, 0.25) is 0 Å². The standard InChI is InChI=1S/C27H27FN4O5/c1-3-18-11-20(28)8-15(2)25(18)26(34)30-21(27(35)36)9-16-4-6-19(7-5-16)22-10-17(14-37-22)13-29-23-12-24(33)32-31-23/h4-8,10-12,14,21H,3,9,13H2,1-2H3,(H,30,34)(H,35,36)(H3,29,31,32,33)/t21-/m0/s1. The first kappa shape index (κ1) is 25.5. The van der Waals surface area contributed by atoms with Crippen LogP contribution in [0.2, 0.25) is 0 Å². The zero-order chi connectivity index (χ0) is 26.5. The highest BCUT2D eigenvalue weighted by atomic mass is 19.1. The summed E-state index contributed by atoms with van der Waals surface area (Å²) in [4.78, 5) is 36.0. The molecule has 0 aliphatic rings. The van der Waals surface area contributed by atoms with Gasteiger partial charge >= 0.3 is 5.97 Å². The lowest BCUT2D eigenvalue weighted by Crippen LogP contribution is -2.42. The minimum Gasteiger partial charge on any atom is -0.480 e. The summed E-state index contributed by atoms with van der Waals surface area (Å²) in [6, 6.07) is 11.9. The first-order valence-corrected chi connectivity index (χ1v) is 11.7. The number of halogens is 1. The van der Waals surface area contributed by atoms with Crippen molar-refractivity contribution in [2.75, 3.05) is 5.32 Å². The third-order valence-electron chi connectivity index (χ3n) is 6.00. The van der Waals surface area contributed by atoms with Gasteiger partial charge in [-0.25, -0.2) is 9.18 Å². The van der Waals surface area contributed by atoms with E-state index in [4.69, 9.17) is 4.42 Å². The molecule has 4 aromatic rings. The van der Waals surface area contributed by atoms with Crippen molar-refractivity contribution >= 4 is 17.7 Å². The Kier molecular flexibility index (Phi) is 7.57. The Morgan fingerprint density at radius 3 is 2.49 bits per heavy atom. The molecular formula is C27H27FN4O5. The van der Waals surface area contributed by atoms with Crippen LogP contribution in [0.25, 0.3) is 11.3 Å². The van der Waals surface area contributed by atoms with Crippen molar-refractivity contribution in [3.05, 3.63) is 98.8 Å². The smallest absolute Gasteiger partial charge is 0.326 e. The molecule has 192 valence electrons. The SMILES string of the molecule is CCc1cc(F)cc(C)c1C(=O)N[C@@H](Cc1ccc(-c2cc(CNc3cc(=O)[nH][nH]3)co2)cc1)C(=O)O. The number of nitrogens with one attached hydrogen (secondary N) is 4. The van der Waals surface area contributed by atoms with Crippen molar-refractivity contribution in [3.8, 4) is 11.3 Å². The molecule has 0 saturated heterocycles. The number of H-pyrrole nitrogens is 2. The third kappa shape index (κ3) is 6.16. The second-order valence-corrected chi connectivity index (χ2v) is 8.72. The van der Waals surface area contributed by atoms with E-state index in [2.05, 4.69) is 20.8 Å². The number of carboxylic acids is 1. The van der Waals surface area contributed by atoms with E-state index in [9.17, 15) is 23.9 Å². The number of amides is 1. The molecule has 0 saturated carbocycles. The van der Waals surface area contributed by atoms with Crippen LogP contribution in [-0.2, 0) is 24.2 Å². The summed E-state index contributed by atoms with van der Waals surface area (Å²) in [5.41, 5.74) is 3.45. The number of aromatic nitrogens is 2. The fraction of sp³-hybridized carbons (Fsp3) is 0.222. The van der Waals surface area contributed by atoms with Crippen molar-refractivity contribution in [2.45, 2.75) is 39.3 Å². The predicted molar refractivity (Wildman–Crippen MR) is 136 cm³/mol. The Hall–Kier alpha value is -4.60. The van der Waals surface area contributed by atoms with Crippen LogP contribution in [0, 0.1) is 12.7 Å². The number of aromatic amines is 2. The molecule has 1 atom stereocenters. The summed E-state index contributed by atoms with van der Waals surface area (Å²) in [7, 11) is 0. The molecule has 0 spiro atoms. The largest absolute Gasteiger partial charge is 0.480 e. The summed E-state index contributed by atoms with van der Waals surface area (Å²) in [5, 5.41) is 20.5. The number of rotatable bonds is 10. The zero-order valence-electron chi connectivity index (χ0n) is 20.4. The molecule has 1 amide bonds. The second-order valence-electron chi connectivity index (χ2n) is 8.72. The Labute approximate surface area is 211 Å². The molecule has 0 fully saturated rings. The molecule has 37 heavy (non-hydrogen) atoms. The number of aliphatic carboxylic acids is 1. The van der Waals surface area contributed by atoms with Gasteiger partial charge in [0, 0.05) is 35.7 Å². The van der Waals surface area contributed by atoms with Gasteiger partial charge in [-0.05, 0) is 48.2 Å². The quantitative estimate of drug-likeness (QED) is 0.220. The molecule has 0 aliphatic heterocycles. The average Bonchev–Trinajstić information content (AvgIpc) is 3.51. The number of carbonyl (C=O) groups is 2. The molecule has 2 aromatic carbocycles. The normalized spacial score (nSPS) is 11.8. The van der Waals surface area contributed by atoms with Crippen molar-refractivity contribution in [1.29, 1.82) is 0 Å².